The van der Waals surface area contributed by atoms with E-state index in [9.17, 15) is 4.79 Å². The van der Waals surface area contributed by atoms with Crippen molar-refractivity contribution < 1.29 is 9.90 Å². The average molecular weight is 260 g/mol. The monoisotopic (exact) mass is 259 g/mol. The van der Waals surface area contributed by atoms with Gasteiger partial charge in [-0.2, -0.15) is 0 Å². The van der Waals surface area contributed by atoms with Gasteiger partial charge in [0.2, 0.25) is 0 Å². The van der Waals surface area contributed by atoms with Crippen LogP contribution < -0.4 is 0 Å². The summed E-state index contributed by atoms with van der Waals surface area (Å²) in [7, 11) is 0. The van der Waals surface area contributed by atoms with Crippen molar-refractivity contribution in [3.05, 3.63) is 21.9 Å². The zero-order valence-electron chi connectivity index (χ0n) is 9.02. The first-order valence-electron chi connectivity index (χ1n) is 5.26. The molecule has 0 aromatic carbocycles. The van der Waals surface area contributed by atoms with Gasteiger partial charge in [-0.15, -0.1) is 22.9 Å². The molecule has 2 unspecified atom stereocenters. The van der Waals surface area contributed by atoms with Crippen LogP contribution in [0.5, 0.6) is 0 Å². The smallest absolute Gasteiger partial charge is 0.322 e. The minimum Gasteiger partial charge on any atom is -0.480 e. The standard InChI is InChI=1S/C11H14ClNO2S/c1-7-8-3-5-16-10(8)2-4-13(7)6-9(12)11(14)15/h3,5,7,9H,2,4,6H2,1H3,(H,14,15). The summed E-state index contributed by atoms with van der Waals surface area (Å²) in [5.41, 5.74) is 1.32. The van der Waals surface area contributed by atoms with Crippen LogP contribution in [0, 0.1) is 0 Å². The highest BCUT2D eigenvalue weighted by Gasteiger charge is 2.27. The van der Waals surface area contributed by atoms with Crippen LogP contribution in [-0.4, -0.2) is 34.4 Å². The largest absolute Gasteiger partial charge is 0.480 e. The average Bonchev–Trinajstić information content (AvgIpc) is 2.70. The summed E-state index contributed by atoms with van der Waals surface area (Å²) in [4.78, 5) is 14.3. The maximum absolute atomic E-state index is 10.7. The number of hydrogen-bond acceptors (Lipinski definition) is 3. The van der Waals surface area contributed by atoms with Crippen LogP contribution in [0.25, 0.3) is 0 Å². The number of carbonyl (C=O) groups is 1. The van der Waals surface area contributed by atoms with Crippen LogP contribution in [0.3, 0.4) is 0 Å². The summed E-state index contributed by atoms with van der Waals surface area (Å²) in [5, 5.41) is 10.1. The van der Waals surface area contributed by atoms with Gasteiger partial charge in [-0.05, 0) is 30.4 Å². The first kappa shape index (κ1) is 11.9. The van der Waals surface area contributed by atoms with Gasteiger partial charge < -0.3 is 5.11 Å². The van der Waals surface area contributed by atoms with Crippen LogP contribution in [0.1, 0.15) is 23.4 Å². The molecule has 0 radical (unpaired) electrons. The normalized spacial score (nSPS) is 22.8. The molecule has 1 aliphatic rings. The summed E-state index contributed by atoms with van der Waals surface area (Å²) in [6.07, 6.45) is 1.00. The van der Waals surface area contributed by atoms with Gasteiger partial charge in [-0.1, -0.05) is 0 Å². The maximum Gasteiger partial charge on any atom is 0.322 e. The van der Waals surface area contributed by atoms with Crippen LogP contribution in [0.4, 0.5) is 0 Å². The lowest BCUT2D eigenvalue weighted by Gasteiger charge is -2.34. The van der Waals surface area contributed by atoms with Crippen molar-refractivity contribution in [3.8, 4) is 0 Å². The summed E-state index contributed by atoms with van der Waals surface area (Å²) >= 11 is 7.56. The number of thiophene rings is 1. The lowest BCUT2D eigenvalue weighted by molar-refractivity contribution is -0.137. The molecule has 0 fully saturated rings. The number of fused-ring (bicyclic) bond motifs is 1. The molecule has 5 heteroatoms. The van der Waals surface area contributed by atoms with Gasteiger partial charge in [-0.3, -0.25) is 9.69 Å². The molecule has 1 aromatic heterocycles. The molecular weight excluding hydrogens is 246 g/mol. The lowest BCUT2D eigenvalue weighted by Crippen LogP contribution is -2.39. The minimum atomic E-state index is -0.940. The van der Waals surface area contributed by atoms with E-state index in [-0.39, 0.29) is 6.04 Å². The topological polar surface area (TPSA) is 40.5 Å². The molecule has 1 aromatic rings. The van der Waals surface area contributed by atoms with Crippen molar-refractivity contribution in [3.63, 3.8) is 0 Å². The summed E-state index contributed by atoms with van der Waals surface area (Å²) in [6.45, 7) is 3.41. The fourth-order valence-electron chi connectivity index (χ4n) is 2.09. The molecule has 1 aliphatic heterocycles. The van der Waals surface area contributed by atoms with Crippen molar-refractivity contribution in [2.45, 2.75) is 24.8 Å². The predicted molar refractivity (Wildman–Crippen MR) is 65.3 cm³/mol. The number of nitrogens with zero attached hydrogens (tertiary/aromatic N) is 1. The van der Waals surface area contributed by atoms with E-state index >= 15 is 0 Å². The first-order valence-corrected chi connectivity index (χ1v) is 6.58. The van der Waals surface area contributed by atoms with Crippen molar-refractivity contribution in [2.24, 2.45) is 0 Å². The van der Waals surface area contributed by atoms with Gasteiger partial charge >= 0.3 is 5.97 Å². The molecule has 16 heavy (non-hydrogen) atoms. The van der Waals surface area contributed by atoms with E-state index in [1.807, 2.05) is 0 Å². The van der Waals surface area contributed by atoms with Crippen molar-refractivity contribution in [1.82, 2.24) is 4.90 Å². The number of carboxylic acids is 1. The van der Waals surface area contributed by atoms with Crippen LogP contribution in [0.15, 0.2) is 11.4 Å². The van der Waals surface area contributed by atoms with Gasteiger partial charge in [0.15, 0.2) is 0 Å². The van der Waals surface area contributed by atoms with E-state index in [0.29, 0.717) is 6.54 Å². The fourth-order valence-corrected chi connectivity index (χ4v) is 3.23. The molecule has 0 spiro atoms. The summed E-state index contributed by atoms with van der Waals surface area (Å²) in [5.74, 6) is -0.940. The van der Waals surface area contributed by atoms with E-state index in [1.54, 1.807) is 11.3 Å². The quantitative estimate of drug-likeness (QED) is 0.848. The highest BCUT2D eigenvalue weighted by Crippen LogP contribution is 2.32. The number of aliphatic carboxylic acids is 1. The number of rotatable bonds is 3. The van der Waals surface area contributed by atoms with E-state index < -0.39 is 11.3 Å². The van der Waals surface area contributed by atoms with Crippen molar-refractivity contribution in [2.75, 3.05) is 13.1 Å². The Labute approximate surface area is 104 Å². The van der Waals surface area contributed by atoms with Crippen LogP contribution in [-0.2, 0) is 11.2 Å². The molecule has 0 saturated heterocycles. The van der Waals surface area contributed by atoms with Crippen LogP contribution in [0.2, 0.25) is 0 Å². The van der Waals surface area contributed by atoms with Gasteiger partial charge in [0.1, 0.15) is 5.38 Å². The maximum atomic E-state index is 10.7. The van der Waals surface area contributed by atoms with Crippen molar-refractivity contribution >= 4 is 28.9 Å². The number of hydrogen-bond donors (Lipinski definition) is 1. The molecule has 0 amide bonds. The Morgan fingerprint density at radius 3 is 3.25 bits per heavy atom. The summed E-state index contributed by atoms with van der Waals surface area (Å²) in [6, 6.07) is 2.40. The second kappa shape index (κ2) is 4.73. The third-order valence-corrected chi connectivity index (χ3v) is 4.39. The molecule has 0 saturated carbocycles. The first-order chi connectivity index (χ1) is 7.59. The Bertz CT molecular complexity index is 393. The zero-order valence-corrected chi connectivity index (χ0v) is 10.6. The molecule has 2 rings (SSSR count). The zero-order chi connectivity index (χ0) is 11.7. The molecule has 88 valence electrons. The molecule has 2 heterocycles. The molecule has 2 atom stereocenters. The molecule has 3 nitrogen and oxygen atoms in total. The van der Waals surface area contributed by atoms with E-state index in [1.165, 1.54) is 10.4 Å². The van der Waals surface area contributed by atoms with Crippen LogP contribution >= 0.6 is 22.9 Å². The van der Waals surface area contributed by atoms with Crippen molar-refractivity contribution in [1.29, 1.82) is 0 Å². The third-order valence-electron chi connectivity index (χ3n) is 3.07. The summed E-state index contributed by atoms with van der Waals surface area (Å²) < 4.78 is 0. The number of alkyl halides is 1. The Morgan fingerprint density at radius 1 is 1.81 bits per heavy atom. The molecule has 0 aliphatic carbocycles. The van der Waals surface area contributed by atoms with Gasteiger partial charge in [-0.25, -0.2) is 0 Å². The highest BCUT2D eigenvalue weighted by molar-refractivity contribution is 7.10. The highest BCUT2D eigenvalue weighted by atomic mass is 35.5. The van der Waals surface area contributed by atoms with Gasteiger partial charge in [0.05, 0.1) is 0 Å². The second-order valence-corrected chi connectivity index (χ2v) is 5.55. The van der Waals surface area contributed by atoms with E-state index in [0.717, 1.165) is 13.0 Å². The fraction of sp³-hybridized carbons (Fsp3) is 0.545. The second-order valence-electron chi connectivity index (χ2n) is 4.03. The minimum absolute atomic E-state index is 0.274. The SMILES string of the molecule is CC1c2ccsc2CCN1CC(Cl)C(=O)O. The molecule has 1 N–H and O–H groups in total. The van der Waals surface area contributed by atoms with Gasteiger partial charge in [0.25, 0.3) is 0 Å². The third kappa shape index (κ3) is 2.24. The van der Waals surface area contributed by atoms with Gasteiger partial charge in [0, 0.05) is 24.0 Å². The molecular formula is C11H14ClNO2S. The van der Waals surface area contributed by atoms with E-state index in [2.05, 4.69) is 23.3 Å². The van der Waals surface area contributed by atoms with E-state index in [4.69, 9.17) is 16.7 Å². The Hall–Kier alpha value is -0.580. The Morgan fingerprint density at radius 2 is 2.56 bits per heavy atom. The lowest BCUT2D eigenvalue weighted by atomic mass is 10.0. The predicted octanol–water partition coefficient (Wildman–Crippen LogP) is 2.36. The molecule has 0 bridgehead atoms. The Balaban J connectivity index is 2.07. The number of carboxylic acid groups (broad SMARTS) is 1. The number of halogens is 1. The Kier molecular flexibility index (Phi) is 3.52.